The minimum absolute atomic E-state index is 0.459. The predicted octanol–water partition coefficient (Wildman–Crippen LogP) is 1.40. The van der Waals surface area contributed by atoms with Crippen molar-refractivity contribution in [1.82, 2.24) is 10.3 Å². The Bertz CT molecular complexity index is 334. The molecule has 0 bridgehead atoms. The van der Waals surface area contributed by atoms with Crippen molar-refractivity contribution in [1.29, 1.82) is 0 Å². The highest BCUT2D eigenvalue weighted by atomic mass is 35.5. The fraction of sp³-hybridized carbons (Fsp3) is 0.222. The number of aliphatic imine (C=N–C) groups is 1. The van der Waals surface area contributed by atoms with Gasteiger partial charge >= 0.3 is 0 Å². The third-order valence-electron chi connectivity index (χ3n) is 1.56. The second kappa shape index (κ2) is 5.34. The zero-order valence-corrected chi connectivity index (χ0v) is 8.45. The third-order valence-corrected chi connectivity index (χ3v) is 1.78. The number of nitrogens with one attached hydrogen (secondary N) is 1. The zero-order chi connectivity index (χ0) is 10.4. The number of rotatable bonds is 3. The molecule has 4 nitrogen and oxygen atoms in total. The first-order valence-electron chi connectivity index (χ1n) is 4.04. The lowest BCUT2D eigenvalue weighted by Crippen LogP contribution is -2.17. The molecule has 1 aromatic heterocycles. The van der Waals surface area contributed by atoms with Gasteiger partial charge in [-0.05, 0) is 18.6 Å². The summed E-state index contributed by atoms with van der Waals surface area (Å²) in [6, 6.07) is 3.54. The summed E-state index contributed by atoms with van der Waals surface area (Å²) in [5.74, 6) is 0.579. The Kier molecular flexibility index (Phi) is 4.07. The first-order chi connectivity index (χ1) is 6.72. The average molecular weight is 212 g/mol. The number of hydrogen-bond acceptors (Lipinski definition) is 3. The lowest BCUT2D eigenvalue weighted by atomic mass is 10.3. The molecule has 0 aliphatic heterocycles. The fourth-order valence-corrected chi connectivity index (χ4v) is 0.953. The molecule has 0 fully saturated rings. The van der Waals surface area contributed by atoms with Gasteiger partial charge in [0.15, 0.2) is 0 Å². The van der Waals surface area contributed by atoms with Crippen LogP contribution < -0.4 is 5.32 Å². The molecule has 1 rings (SSSR count). The van der Waals surface area contributed by atoms with E-state index >= 15 is 0 Å². The first-order valence-corrected chi connectivity index (χ1v) is 4.42. The summed E-state index contributed by atoms with van der Waals surface area (Å²) >= 11 is 5.62. The van der Waals surface area contributed by atoms with E-state index in [9.17, 15) is 4.79 Å². The molecule has 1 N–H and O–H groups in total. The van der Waals surface area contributed by atoms with Gasteiger partial charge in [0.2, 0.25) is 6.41 Å². The Morgan fingerprint density at radius 3 is 3.07 bits per heavy atom. The molecular formula is C9H10ClN3O. The van der Waals surface area contributed by atoms with Crippen molar-refractivity contribution >= 4 is 23.8 Å². The standard InChI is InChI=1S/C9H10ClN3O/c1-7(13-6-14)11-4-8-2-3-9(10)12-5-8/h2-3,5-6H,4H2,1H3,(H,11,13,14). The van der Waals surface area contributed by atoms with Crippen LogP contribution >= 0.6 is 11.6 Å². The van der Waals surface area contributed by atoms with Crippen LogP contribution in [0.25, 0.3) is 0 Å². The molecule has 0 spiro atoms. The lowest BCUT2D eigenvalue weighted by molar-refractivity contribution is -0.108. The Morgan fingerprint density at radius 2 is 2.50 bits per heavy atom. The van der Waals surface area contributed by atoms with Crippen molar-refractivity contribution in [3.63, 3.8) is 0 Å². The number of aromatic nitrogens is 1. The van der Waals surface area contributed by atoms with Crippen LogP contribution in [0.3, 0.4) is 0 Å². The van der Waals surface area contributed by atoms with E-state index < -0.39 is 0 Å². The van der Waals surface area contributed by atoms with Crippen LogP contribution in [0.4, 0.5) is 0 Å². The number of amides is 1. The van der Waals surface area contributed by atoms with E-state index in [-0.39, 0.29) is 0 Å². The second-order valence-electron chi connectivity index (χ2n) is 2.65. The summed E-state index contributed by atoms with van der Waals surface area (Å²) in [4.78, 5) is 18.1. The zero-order valence-electron chi connectivity index (χ0n) is 7.70. The molecule has 0 atom stereocenters. The molecule has 0 aliphatic carbocycles. The number of hydrogen-bond donors (Lipinski definition) is 1. The molecule has 1 aromatic rings. The molecule has 0 radical (unpaired) electrons. The highest BCUT2D eigenvalue weighted by Gasteiger charge is 1.93. The summed E-state index contributed by atoms with van der Waals surface area (Å²) in [5, 5.41) is 2.91. The Morgan fingerprint density at radius 1 is 1.71 bits per heavy atom. The average Bonchev–Trinajstić information content (AvgIpc) is 2.17. The topological polar surface area (TPSA) is 54.4 Å². The largest absolute Gasteiger partial charge is 0.317 e. The summed E-state index contributed by atoms with van der Waals surface area (Å²) < 4.78 is 0. The summed E-state index contributed by atoms with van der Waals surface area (Å²) in [7, 11) is 0. The highest BCUT2D eigenvalue weighted by molar-refractivity contribution is 6.29. The summed E-state index contributed by atoms with van der Waals surface area (Å²) in [5.41, 5.74) is 0.946. The van der Waals surface area contributed by atoms with Gasteiger partial charge in [0.05, 0.1) is 12.4 Å². The monoisotopic (exact) mass is 211 g/mol. The van der Waals surface area contributed by atoms with Crippen molar-refractivity contribution in [2.75, 3.05) is 0 Å². The maximum atomic E-state index is 10.0. The van der Waals surface area contributed by atoms with E-state index in [1.165, 1.54) is 0 Å². The van der Waals surface area contributed by atoms with Crippen molar-refractivity contribution in [3.8, 4) is 0 Å². The highest BCUT2D eigenvalue weighted by Crippen LogP contribution is 2.05. The molecule has 0 aromatic carbocycles. The Balaban J connectivity index is 2.57. The molecule has 74 valence electrons. The number of pyridine rings is 1. The number of halogens is 1. The minimum atomic E-state index is 0.459. The third kappa shape index (κ3) is 3.53. The van der Waals surface area contributed by atoms with Gasteiger partial charge in [-0.15, -0.1) is 0 Å². The summed E-state index contributed by atoms with van der Waals surface area (Å²) in [6.45, 7) is 2.20. The van der Waals surface area contributed by atoms with Gasteiger partial charge in [-0.25, -0.2) is 4.98 Å². The molecule has 1 amide bonds. The second-order valence-corrected chi connectivity index (χ2v) is 3.04. The minimum Gasteiger partial charge on any atom is -0.317 e. The summed E-state index contributed by atoms with van der Waals surface area (Å²) in [6.07, 6.45) is 2.25. The number of nitrogens with zero attached hydrogens (tertiary/aromatic N) is 2. The van der Waals surface area contributed by atoms with E-state index in [1.54, 1.807) is 19.2 Å². The molecule has 0 unspecified atom stereocenters. The number of amidine groups is 1. The molecule has 0 aliphatic rings. The van der Waals surface area contributed by atoms with Crippen LogP contribution in [-0.2, 0) is 11.3 Å². The molecule has 0 saturated heterocycles. The van der Waals surface area contributed by atoms with Gasteiger partial charge in [0.1, 0.15) is 5.15 Å². The van der Waals surface area contributed by atoms with Gasteiger partial charge < -0.3 is 5.32 Å². The van der Waals surface area contributed by atoms with Crippen LogP contribution in [0, 0.1) is 0 Å². The van der Waals surface area contributed by atoms with Crippen molar-refractivity contribution in [3.05, 3.63) is 29.0 Å². The van der Waals surface area contributed by atoms with E-state index in [1.807, 2.05) is 6.07 Å². The molecule has 5 heteroatoms. The smallest absolute Gasteiger partial charge is 0.212 e. The number of carbonyl (C=O) groups is 1. The van der Waals surface area contributed by atoms with Crippen molar-refractivity contribution < 1.29 is 4.79 Å². The van der Waals surface area contributed by atoms with E-state index in [4.69, 9.17) is 11.6 Å². The molecule has 0 saturated carbocycles. The van der Waals surface area contributed by atoms with Crippen LogP contribution in [0.5, 0.6) is 0 Å². The normalized spacial score (nSPS) is 11.1. The first kappa shape index (κ1) is 10.7. The molecule has 1 heterocycles. The maximum absolute atomic E-state index is 10.0. The van der Waals surface area contributed by atoms with E-state index in [2.05, 4.69) is 15.3 Å². The van der Waals surface area contributed by atoms with Gasteiger partial charge in [0, 0.05) is 6.20 Å². The fourth-order valence-electron chi connectivity index (χ4n) is 0.841. The molecular weight excluding hydrogens is 202 g/mol. The Labute approximate surface area is 87.0 Å². The van der Waals surface area contributed by atoms with Crippen LogP contribution in [0.2, 0.25) is 5.15 Å². The van der Waals surface area contributed by atoms with Crippen molar-refractivity contribution in [2.45, 2.75) is 13.5 Å². The van der Waals surface area contributed by atoms with Gasteiger partial charge in [-0.2, -0.15) is 0 Å². The Hall–Kier alpha value is -1.42. The van der Waals surface area contributed by atoms with Gasteiger partial charge in [0.25, 0.3) is 0 Å². The maximum Gasteiger partial charge on any atom is 0.212 e. The van der Waals surface area contributed by atoms with E-state index in [0.29, 0.717) is 23.9 Å². The lowest BCUT2D eigenvalue weighted by Gasteiger charge is -1.98. The quantitative estimate of drug-likeness (QED) is 0.356. The van der Waals surface area contributed by atoms with Crippen LogP contribution in [0.15, 0.2) is 23.3 Å². The predicted molar refractivity (Wildman–Crippen MR) is 55.3 cm³/mol. The van der Waals surface area contributed by atoms with Gasteiger partial charge in [-0.3, -0.25) is 9.79 Å². The number of carbonyl (C=O) groups excluding carboxylic acids is 1. The van der Waals surface area contributed by atoms with Crippen LogP contribution in [-0.4, -0.2) is 17.2 Å². The SMILES string of the molecule is CC(=NCc1ccc(Cl)nc1)NC=O. The van der Waals surface area contributed by atoms with E-state index in [0.717, 1.165) is 5.56 Å². The van der Waals surface area contributed by atoms with Crippen LogP contribution in [0.1, 0.15) is 12.5 Å². The van der Waals surface area contributed by atoms with Crippen molar-refractivity contribution in [2.24, 2.45) is 4.99 Å². The van der Waals surface area contributed by atoms with Gasteiger partial charge in [-0.1, -0.05) is 17.7 Å². The molecule has 14 heavy (non-hydrogen) atoms.